The molecule has 0 atom stereocenters. The molecule has 18 aromatic rings. The number of anilines is 6. The summed E-state index contributed by atoms with van der Waals surface area (Å²) in [6.07, 6.45) is 9.34. The van der Waals surface area contributed by atoms with E-state index in [0.29, 0.717) is 0 Å². The summed E-state index contributed by atoms with van der Waals surface area (Å²) >= 11 is 0. The van der Waals surface area contributed by atoms with Gasteiger partial charge in [-0.3, -0.25) is 0 Å². The lowest BCUT2D eigenvalue weighted by molar-refractivity contribution is 0.660. The molecule has 0 aromatic heterocycles. The largest absolute Gasteiger partial charge is 0.310 e. The Morgan fingerprint density at radius 2 is 0.378 bits per heavy atom. The highest BCUT2D eigenvalue weighted by Gasteiger charge is 2.54. The van der Waals surface area contributed by atoms with E-state index in [1.807, 2.05) is 0 Å². The van der Waals surface area contributed by atoms with Crippen LogP contribution in [0.5, 0.6) is 0 Å². The highest BCUT2D eigenvalue weighted by Crippen LogP contribution is 2.66. The van der Waals surface area contributed by atoms with Gasteiger partial charge in [0.1, 0.15) is 0 Å². The Morgan fingerprint density at radius 3 is 0.676 bits per heavy atom. The lowest BCUT2D eigenvalue weighted by atomic mass is 9.70. The molecule has 0 amide bonds. The lowest BCUT2D eigenvalue weighted by Gasteiger charge is -2.32. The van der Waals surface area contributed by atoms with Crippen molar-refractivity contribution in [2.75, 3.05) is 9.80 Å². The second-order valence-electron chi connectivity index (χ2n) is 31.5. The Hall–Kier alpha value is -13.9. The molecular formula is C109H72N2. The molecule has 5 aliphatic carbocycles. The van der Waals surface area contributed by atoms with Crippen molar-refractivity contribution in [1.82, 2.24) is 0 Å². The highest BCUT2D eigenvalue weighted by atomic mass is 15.1. The molecule has 23 rings (SSSR count). The summed E-state index contributed by atoms with van der Waals surface area (Å²) < 4.78 is 0. The van der Waals surface area contributed by atoms with E-state index in [9.17, 15) is 0 Å². The third-order valence-electron chi connectivity index (χ3n) is 25.3. The van der Waals surface area contributed by atoms with E-state index < -0.39 is 10.8 Å². The van der Waals surface area contributed by atoms with Crippen molar-refractivity contribution in [2.45, 2.75) is 30.1 Å². The molecule has 0 radical (unpaired) electrons. The maximum Gasteiger partial charge on any atom is 0.0726 e. The fourth-order valence-electron chi connectivity index (χ4n) is 20.3. The number of benzene rings is 18. The van der Waals surface area contributed by atoms with Crippen LogP contribution in [0.25, 0.3) is 123 Å². The van der Waals surface area contributed by atoms with Crippen LogP contribution in [0.3, 0.4) is 0 Å². The molecule has 518 valence electrons. The van der Waals surface area contributed by atoms with Gasteiger partial charge in [0.15, 0.2) is 0 Å². The maximum atomic E-state index is 2.51. The average molecular weight is 1410 g/mol. The molecule has 2 spiro atoms. The Morgan fingerprint density at radius 1 is 0.171 bits per heavy atom. The first kappa shape index (κ1) is 63.2. The van der Waals surface area contributed by atoms with Crippen LogP contribution in [0, 0.1) is 0 Å². The van der Waals surface area contributed by atoms with Crippen molar-refractivity contribution in [3.8, 4) is 55.6 Å². The van der Waals surface area contributed by atoms with Gasteiger partial charge in [0.05, 0.1) is 10.8 Å². The van der Waals surface area contributed by atoms with Crippen LogP contribution in [0.2, 0.25) is 0 Å². The van der Waals surface area contributed by atoms with Crippen molar-refractivity contribution in [3.05, 3.63) is 454 Å². The van der Waals surface area contributed by atoms with Crippen LogP contribution in [0.1, 0.15) is 91.7 Å². The minimum Gasteiger partial charge on any atom is -0.310 e. The first-order valence-electron chi connectivity index (χ1n) is 38.9. The number of hydrogen-bond acceptors (Lipinski definition) is 2. The lowest BCUT2D eigenvalue weighted by Crippen LogP contribution is -2.26. The molecule has 0 fully saturated rings. The zero-order valence-corrected chi connectivity index (χ0v) is 61.5. The fraction of sp³-hybridized carbons (Fsp3) is 0.0459. The minimum atomic E-state index is -0.561. The zero-order chi connectivity index (χ0) is 73.3. The van der Waals surface area contributed by atoms with Crippen LogP contribution in [-0.2, 0) is 16.2 Å². The van der Waals surface area contributed by atoms with Crippen LogP contribution < -0.4 is 9.80 Å². The smallest absolute Gasteiger partial charge is 0.0726 e. The van der Waals surface area contributed by atoms with Crippen molar-refractivity contribution < 1.29 is 0 Å². The predicted octanol–water partition coefficient (Wildman–Crippen LogP) is 28.6. The Bertz CT molecular complexity index is 6430. The fourth-order valence-corrected chi connectivity index (χ4v) is 20.3. The summed E-state index contributed by atoms with van der Waals surface area (Å²) in [5, 5.41) is 9.74. The molecule has 0 aliphatic heterocycles. The Balaban J connectivity index is 0.579. The molecule has 5 aliphatic rings. The molecule has 0 saturated heterocycles. The molecule has 111 heavy (non-hydrogen) atoms. The Kier molecular flexibility index (Phi) is 13.7. The summed E-state index contributed by atoms with van der Waals surface area (Å²) in [4.78, 5) is 4.92. The summed E-state index contributed by atoms with van der Waals surface area (Å²) in [6.45, 7) is 4.82. The summed E-state index contributed by atoms with van der Waals surface area (Å²) in [5.41, 5.74) is 36.2. The van der Waals surface area contributed by atoms with Gasteiger partial charge in [-0.15, -0.1) is 0 Å². The van der Waals surface area contributed by atoms with Gasteiger partial charge < -0.3 is 9.80 Å². The number of rotatable bonds is 10. The number of fused-ring (bicyclic) bond motifs is 27. The summed E-state index contributed by atoms with van der Waals surface area (Å²) in [6, 6.07) is 142. The second-order valence-corrected chi connectivity index (χ2v) is 31.5. The van der Waals surface area contributed by atoms with E-state index in [2.05, 4.69) is 424 Å². The molecule has 2 nitrogen and oxygen atoms in total. The van der Waals surface area contributed by atoms with Gasteiger partial charge in [0.25, 0.3) is 0 Å². The number of nitrogens with zero attached hydrogens (tertiary/aromatic N) is 2. The topological polar surface area (TPSA) is 6.48 Å². The van der Waals surface area contributed by atoms with Gasteiger partial charge in [-0.1, -0.05) is 329 Å². The average Bonchev–Trinajstić information content (AvgIpc) is 1.51. The van der Waals surface area contributed by atoms with Gasteiger partial charge in [0, 0.05) is 39.5 Å². The quantitative estimate of drug-likeness (QED) is 0.126. The van der Waals surface area contributed by atoms with Crippen molar-refractivity contribution in [3.63, 3.8) is 0 Å². The van der Waals surface area contributed by atoms with Gasteiger partial charge >= 0.3 is 0 Å². The normalized spacial score (nSPS) is 14.2. The molecular weight excluding hydrogens is 1340 g/mol. The molecule has 0 saturated carbocycles. The van der Waals surface area contributed by atoms with E-state index >= 15 is 0 Å². The molecule has 0 heterocycles. The van der Waals surface area contributed by atoms with E-state index in [4.69, 9.17) is 0 Å². The molecule has 18 aromatic carbocycles. The predicted molar refractivity (Wildman–Crippen MR) is 467 cm³/mol. The first-order valence-corrected chi connectivity index (χ1v) is 38.9. The first-order chi connectivity index (χ1) is 54.7. The van der Waals surface area contributed by atoms with E-state index in [0.717, 1.165) is 34.1 Å². The molecule has 2 heteroatoms. The molecule has 0 unspecified atom stereocenters. The molecule has 0 bridgehead atoms. The number of hydrogen-bond donors (Lipinski definition) is 0. The van der Waals surface area contributed by atoms with Crippen LogP contribution in [0.4, 0.5) is 34.1 Å². The zero-order valence-electron chi connectivity index (χ0n) is 61.5. The van der Waals surface area contributed by atoms with Crippen molar-refractivity contribution in [2.24, 2.45) is 0 Å². The summed E-state index contributed by atoms with van der Waals surface area (Å²) in [5.74, 6) is 0. The minimum absolute atomic E-state index is 0.240. The van der Waals surface area contributed by atoms with Crippen molar-refractivity contribution in [1.29, 1.82) is 0 Å². The summed E-state index contributed by atoms with van der Waals surface area (Å²) in [7, 11) is 0. The van der Waals surface area contributed by atoms with Crippen molar-refractivity contribution >= 4 is 102 Å². The SMILES string of the molecule is CC1(C)c2cc(C=Cc3ccc4c(c3)C3(c5ccccc5-c5ccccc53)c3cc(N(c5ccc6ccccc6c5)c5ccc6ccccc6c5)ccc3-4)ccc2-c2ccc(C=Cc3ccc4c(c3)C3(c5ccccc5-c5ccccc53)c3cc(N(c5ccc6ccccc6c5)c5ccc6ccccc6c5)ccc3-4)cc21. The van der Waals surface area contributed by atoms with Crippen LogP contribution in [0.15, 0.2) is 376 Å². The Labute approximate surface area is 646 Å². The molecule has 0 N–H and O–H groups in total. The van der Waals surface area contributed by atoms with E-state index in [1.54, 1.807) is 0 Å². The standard InChI is InChI=1S/C109H72N2/c1-107(2)101-59-69(35-37-71-41-55-93-95-57-51-85(67-105(95)108(103(93)61-71)97-31-15-11-27-87(97)88-28-12-16-32-98(88)108)110(81-47-43-73-19-3-7-23-77(73)63-81)82-48-44-74-20-4-8-24-78(74)64-82)39-53-91(101)92-54-40-70(60-102(92)107)36-38-72-42-56-94-96-58-52-86(68-106(96)109(104(94)62-72)99-33-17-13-29-89(99)90-30-14-18-34-100(90)109)111(83-49-45-75-21-5-9-25-79(75)65-83)84-50-46-76-22-6-10-26-80(76)66-84/h3-68H,1-2H3. The van der Waals surface area contributed by atoms with Crippen LogP contribution >= 0.6 is 0 Å². The van der Waals surface area contributed by atoms with Gasteiger partial charge in [-0.2, -0.15) is 0 Å². The van der Waals surface area contributed by atoms with E-state index in [1.165, 1.54) is 177 Å². The van der Waals surface area contributed by atoms with Gasteiger partial charge in [-0.05, 0) is 262 Å². The maximum absolute atomic E-state index is 2.51. The van der Waals surface area contributed by atoms with Gasteiger partial charge in [-0.25, -0.2) is 0 Å². The third-order valence-corrected chi connectivity index (χ3v) is 25.3. The van der Waals surface area contributed by atoms with E-state index in [-0.39, 0.29) is 5.41 Å². The van der Waals surface area contributed by atoms with Crippen LogP contribution in [-0.4, -0.2) is 0 Å². The monoisotopic (exact) mass is 1410 g/mol. The third kappa shape index (κ3) is 9.32. The van der Waals surface area contributed by atoms with Gasteiger partial charge in [0.2, 0.25) is 0 Å². The second kappa shape index (κ2) is 24.0. The highest BCUT2D eigenvalue weighted by molar-refractivity contribution is 6.02.